The standard InChI is InChI=1S/C19H20N2O4/c1-13(16-10-15(23-2)8-9-18(16)24-3)21-19(22)12-25-17-7-5-4-6-14(17)11-20/h4-10,13H,12H2,1-3H3,(H,21,22)/t13-/m0/s1. The summed E-state index contributed by atoms with van der Waals surface area (Å²) >= 11 is 0. The number of carbonyl (C=O) groups excluding carboxylic acids is 1. The van der Waals surface area contributed by atoms with E-state index in [1.165, 1.54) is 0 Å². The highest BCUT2D eigenvalue weighted by Gasteiger charge is 2.16. The summed E-state index contributed by atoms with van der Waals surface area (Å²) in [4.78, 5) is 12.2. The van der Waals surface area contributed by atoms with Crippen LogP contribution >= 0.6 is 0 Å². The lowest BCUT2D eigenvalue weighted by Crippen LogP contribution is -2.31. The number of hydrogen-bond acceptors (Lipinski definition) is 5. The molecule has 0 saturated heterocycles. The maximum atomic E-state index is 12.2. The summed E-state index contributed by atoms with van der Waals surface area (Å²) < 4.78 is 16.0. The van der Waals surface area contributed by atoms with Gasteiger partial charge in [-0.05, 0) is 37.3 Å². The second-order valence-electron chi connectivity index (χ2n) is 5.29. The Morgan fingerprint density at radius 1 is 1.16 bits per heavy atom. The molecule has 25 heavy (non-hydrogen) atoms. The lowest BCUT2D eigenvalue weighted by Gasteiger charge is -2.18. The van der Waals surface area contributed by atoms with Crippen LogP contribution in [-0.2, 0) is 4.79 Å². The summed E-state index contributed by atoms with van der Waals surface area (Å²) in [7, 11) is 3.15. The van der Waals surface area contributed by atoms with E-state index in [0.29, 0.717) is 22.8 Å². The van der Waals surface area contributed by atoms with E-state index in [-0.39, 0.29) is 18.6 Å². The first-order chi connectivity index (χ1) is 12.1. The Morgan fingerprint density at radius 3 is 2.60 bits per heavy atom. The van der Waals surface area contributed by atoms with E-state index >= 15 is 0 Å². The molecule has 0 spiro atoms. The SMILES string of the molecule is COc1ccc(OC)c([C@H](C)NC(=O)COc2ccccc2C#N)c1. The van der Waals surface area contributed by atoms with Gasteiger partial charge in [0.15, 0.2) is 6.61 Å². The van der Waals surface area contributed by atoms with Gasteiger partial charge in [-0.2, -0.15) is 5.26 Å². The molecule has 2 rings (SSSR count). The second kappa shape index (κ2) is 8.60. The third-order valence-corrected chi connectivity index (χ3v) is 3.65. The summed E-state index contributed by atoms with van der Waals surface area (Å²) in [5.41, 5.74) is 1.19. The summed E-state index contributed by atoms with van der Waals surface area (Å²) in [6, 6.07) is 13.9. The molecule has 0 radical (unpaired) electrons. The van der Waals surface area contributed by atoms with Crippen LogP contribution in [0.25, 0.3) is 0 Å². The number of amides is 1. The van der Waals surface area contributed by atoms with Crippen LogP contribution in [-0.4, -0.2) is 26.7 Å². The van der Waals surface area contributed by atoms with E-state index in [1.54, 1.807) is 50.6 Å². The van der Waals surface area contributed by atoms with E-state index in [0.717, 1.165) is 5.56 Å². The number of benzene rings is 2. The zero-order valence-corrected chi connectivity index (χ0v) is 14.4. The molecule has 1 atom stereocenters. The zero-order valence-electron chi connectivity index (χ0n) is 14.4. The van der Waals surface area contributed by atoms with Gasteiger partial charge in [0, 0.05) is 5.56 Å². The Morgan fingerprint density at radius 2 is 1.92 bits per heavy atom. The normalized spacial score (nSPS) is 11.1. The highest BCUT2D eigenvalue weighted by molar-refractivity contribution is 5.78. The van der Waals surface area contributed by atoms with Gasteiger partial charge in [0.25, 0.3) is 5.91 Å². The van der Waals surface area contributed by atoms with E-state index < -0.39 is 0 Å². The maximum Gasteiger partial charge on any atom is 0.258 e. The number of ether oxygens (including phenoxy) is 3. The van der Waals surface area contributed by atoms with Crippen molar-refractivity contribution in [2.24, 2.45) is 0 Å². The summed E-state index contributed by atoms with van der Waals surface area (Å²) in [6.07, 6.45) is 0. The first-order valence-corrected chi connectivity index (χ1v) is 7.72. The number of nitrogens with one attached hydrogen (secondary N) is 1. The minimum Gasteiger partial charge on any atom is -0.497 e. The highest BCUT2D eigenvalue weighted by atomic mass is 16.5. The Hall–Kier alpha value is -3.20. The van der Waals surface area contributed by atoms with Gasteiger partial charge in [-0.3, -0.25) is 4.79 Å². The van der Waals surface area contributed by atoms with E-state index in [2.05, 4.69) is 5.32 Å². The second-order valence-corrected chi connectivity index (χ2v) is 5.29. The number of carbonyl (C=O) groups is 1. The van der Waals surface area contributed by atoms with Gasteiger partial charge in [0.1, 0.15) is 23.3 Å². The van der Waals surface area contributed by atoms with Gasteiger partial charge >= 0.3 is 0 Å². The number of rotatable bonds is 7. The Kier molecular flexibility index (Phi) is 6.24. The third kappa shape index (κ3) is 4.64. The molecule has 0 aliphatic heterocycles. The third-order valence-electron chi connectivity index (χ3n) is 3.65. The molecule has 0 bridgehead atoms. The molecule has 0 heterocycles. The van der Waals surface area contributed by atoms with Crippen LogP contribution in [0, 0.1) is 11.3 Å². The van der Waals surface area contributed by atoms with Gasteiger partial charge < -0.3 is 19.5 Å². The van der Waals surface area contributed by atoms with Crippen molar-refractivity contribution < 1.29 is 19.0 Å². The predicted octanol–water partition coefficient (Wildman–Crippen LogP) is 2.83. The minimum absolute atomic E-state index is 0.185. The quantitative estimate of drug-likeness (QED) is 0.838. The van der Waals surface area contributed by atoms with Gasteiger partial charge in [0.2, 0.25) is 0 Å². The van der Waals surface area contributed by atoms with Crippen LogP contribution in [0.2, 0.25) is 0 Å². The summed E-state index contributed by atoms with van der Waals surface area (Å²) in [5.74, 6) is 1.41. The van der Waals surface area contributed by atoms with E-state index in [9.17, 15) is 4.79 Å². The van der Waals surface area contributed by atoms with Crippen LogP contribution in [0.3, 0.4) is 0 Å². The molecule has 0 saturated carbocycles. The van der Waals surface area contributed by atoms with Crippen molar-refractivity contribution >= 4 is 5.91 Å². The van der Waals surface area contributed by atoms with Crippen LogP contribution < -0.4 is 19.5 Å². The number of hydrogen-bond donors (Lipinski definition) is 1. The van der Waals surface area contributed by atoms with Crippen LogP contribution in [0.1, 0.15) is 24.1 Å². The molecular weight excluding hydrogens is 320 g/mol. The fourth-order valence-corrected chi connectivity index (χ4v) is 2.37. The molecule has 0 unspecified atom stereocenters. The molecule has 1 amide bonds. The summed E-state index contributed by atoms with van der Waals surface area (Å²) in [6.45, 7) is 1.66. The topological polar surface area (TPSA) is 80.6 Å². The van der Waals surface area contributed by atoms with Crippen molar-refractivity contribution in [3.63, 3.8) is 0 Å². The Bertz CT molecular complexity index is 783. The fraction of sp³-hybridized carbons (Fsp3) is 0.263. The van der Waals surface area contributed by atoms with E-state index in [1.807, 2.05) is 19.1 Å². The fourth-order valence-electron chi connectivity index (χ4n) is 2.37. The molecular formula is C19H20N2O4. The molecule has 6 heteroatoms. The van der Waals surface area contributed by atoms with Gasteiger partial charge in [0.05, 0.1) is 25.8 Å². The number of nitrogens with zero attached hydrogens (tertiary/aromatic N) is 1. The van der Waals surface area contributed by atoms with Crippen molar-refractivity contribution in [1.29, 1.82) is 5.26 Å². The highest BCUT2D eigenvalue weighted by Crippen LogP contribution is 2.29. The van der Waals surface area contributed by atoms with Crippen LogP contribution in [0.4, 0.5) is 0 Å². The monoisotopic (exact) mass is 340 g/mol. The molecule has 2 aromatic carbocycles. The molecule has 1 N–H and O–H groups in total. The first kappa shape index (κ1) is 18.1. The molecule has 0 aliphatic carbocycles. The average molecular weight is 340 g/mol. The van der Waals surface area contributed by atoms with Crippen LogP contribution in [0.5, 0.6) is 17.2 Å². The summed E-state index contributed by atoms with van der Waals surface area (Å²) in [5, 5.41) is 11.9. The Labute approximate surface area is 146 Å². The number of para-hydroxylation sites is 1. The first-order valence-electron chi connectivity index (χ1n) is 7.72. The molecule has 6 nitrogen and oxygen atoms in total. The largest absolute Gasteiger partial charge is 0.497 e. The van der Waals surface area contributed by atoms with Crippen molar-refractivity contribution in [3.8, 4) is 23.3 Å². The van der Waals surface area contributed by atoms with E-state index in [4.69, 9.17) is 19.5 Å². The predicted molar refractivity (Wildman–Crippen MR) is 92.8 cm³/mol. The maximum absolute atomic E-state index is 12.2. The molecule has 130 valence electrons. The zero-order chi connectivity index (χ0) is 18.2. The smallest absolute Gasteiger partial charge is 0.258 e. The average Bonchev–Trinajstić information content (AvgIpc) is 2.65. The molecule has 0 fully saturated rings. The van der Waals surface area contributed by atoms with Crippen LogP contribution in [0.15, 0.2) is 42.5 Å². The molecule has 2 aromatic rings. The van der Waals surface area contributed by atoms with Crippen molar-refractivity contribution in [2.75, 3.05) is 20.8 Å². The molecule has 0 aliphatic rings. The lowest BCUT2D eigenvalue weighted by atomic mass is 10.1. The van der Waals surface area contributed by atoms with Crippen molar-refractivity contribution in [3.05, 3.63) is 53.6 Å². The van der Waals surface area contributed by atoms with Crippen molar-refractivity contribution in [2.45, 2.75) is 13.0 Å². The minimum atomic E-state index is -0.301. The number of nitriles is 1. The molecule has 0 aromatic heterocycles. The van der Waals surface area contributed by atoms with Crippen molar-refractivity contribution in [1.82, 2.24) is 5.32 Å². The van der Waals surface area contributed by atoms with Gasteiger partial charge in [-0.25, -0.2) is 0 Å². The number of methoxy groups -OCH3 is 2. The van der Waals surface area contributed by atoms with Gasteiger partial charge in [-0.1, -0.05) is 12.1 Å². The van der Waals surface area contributed by atoms with Gasteiger partial charge in [-0.15, -0.1) is 0 Å². The lowest BCUT2D eigenvalue weighted by molar-refractivity contribution is -0.123. The Balaban J connectivity index is 2.02.